The predicted octanol–water partition coefficient (Wildman–Crippen LogP) is 7.56. The van der Waals surface area contributed by atoms with Crippen molar-refractivity contribution in [1.29, 1.82) is 0 Å². The molecule has 1 atom stereocenters. The normalized spacial score (nSPS) is 11.6. The van der Waals surface area contributed by atoms with E-state index >= 15 is 0 Å². The Morgan fingerprint density at radius 2 is 1.53 bits per heavy atom. The van der Waals surface area contributed by atoms with E-state index in [0.29, 0.717) is 24.1 Å². The third kappa shape index (κ3) is 8.67. The number of carbonyl (C=O) groups is 2. The molecule has 0 bridgehead atoms. The fraction of sp³-hybridized carbons (Fsp3) is 0.257. The van der Waals surface area contributed by atoms with Crippen molar-refractivity contribution in [3.63, 3.8) is 0 Å². The van der Waals surface area contributed by atoms with Crippen molar-refractivity contribution in [2.24, 2.45) is 0 Å². The van der Waals surface area contributed by atoms with Gasteiger partial charge in [-0.05, 0) is 96.0 Å². The van der Waals surface area contributed by atoms with E-state index < -0.39 is 23.6 Å². The van der Waals surface area contributed by atoms with E-state index in [-0.39, 0.29) is 12.5 Å². The van der Waals surface area contributed by atoms with E-state index in [1.807, 2.05) is 84.8 Å². The van der Waals surface area contributed by atoms with Crippen molar-refractivity contribution in [1.82, 2.24) is 5.32 Å². The fourth-order valence-electron chi connectivity index (χ4n) is 5.06. The van der Waals surface area contributed by atoms with E-state index in [1.54, 1.807) is 17.8 Å². The molecular weight excluding hydrogens is 566 g/mol. The molecule has 0 spiro atoms. The number of hydrogen-bond donors (Lipinski definition) is 1. The number of ether oxygens (including phenoxy) is 1. The molecule has 1 amide bonds. The van der Waals surface area contributed by atoms with Crippen molar-refractivity contribution in [2.75, 3.05) is 24.0 Å². The maximum absolute atomic E-state index is 14.0. The van der Waals surface area contributed by atoms with Gasteiger partial charge in [-0.25, -0.2) is 13.6 Å². The summed E-state index contributed by atoms with van der Waals surface area (Å²) in [7, 11) is 1.32. The van der Waals surface area contributed by atoms with Crippen LogP contribution in [0.3, 0.4) is 0 Å². The lowest BCUT2D eigenvalue weighted by atomic mass is 9.93. The Bertz CT molecular complexity index is 1530. The summed E-state index contributed by atoms with van der Waals surface area (Å²) in [5.41, 5.74) is 5.35. The Kier molecular flexibility index (Phi) is 11.3. The molecule has 0 radical (unpaired) electrons. The number of halogens is 2. The number of rotatable bonds is 13. The summed E-state index contributed by atoms with van der Waals surface area (Å²) in [5, 5.41) is 2.90. The molecule has 4 rings (SSSR count). The summed E-state index contributed by atoms with van der Waals surface area (Å²) in [5.74, 6) is -1.22. The van der Waals surface area contributed by atoms with Crippen LogP contribution in [0, 0.1) is 18.6 Å². The Hall–Kier alpha value is -4.17. The lowest BCUT2D eigenvalue weighted by Gasteiger charge is -2.26. The highest BCUT2D eigenvalue weighted by atomic mass is 32.2. The zero-order valence-electron chi connectivity index (χ0n) is 24.6. The maximum atomic E-state index is 14.0. The molecule has 1 N–H and O–H groups in total. The lowest BCUT2D eigenvalue weighted by molar-refractivity contribution is -0.143. The molecule has 0 fully saturated rings. The van der Waals surface area contributed by atoms with Gasteiger partial charge in [0, 0.05) is 30.4 Å². The second-order valence-electron chi connectivity index (χ2n) is 10.3. The minimum absolute atomic E-state index is 0.275. The first-order valence-corrected chi connectivity index (χ1v) is 15.5. The minimum atomic E-state index is -0.755. The first-order valence-electron chi connectivity index (χ1n) is 14.1. The molecule has 0 heterocycles. The van der Waals surface area contributed by atoms with Crippen molar-refractivity contribution in [3.8, 4) is 11.1 Å². The molecule has 224 valence electrons. The Balaban J connectivity index is 1.70. The topological polar surface area (TPSA) is 58.6 Å². The van der Waals surface area contributed by atoms with Crippen LogP contribution in [-0.4, -0.2) is 37.0 Å². The van der Waals surface area contributed by atoms with E-state index in [1.165, 1.54) is 19.2 Å². The van der Waals surface area contributed by atoms with E-state index in [2.05, 4.69) is 5.32 Å². The van der Waals surface area contributed by atoms with Gasteiger partial charge in [0.25, 0.3) is 5.91 Å². The highest BCUT2D eigenvalue weighted by Crippen LogP contribution is 2.30. The molecular formula is C35H36F2N2O3S. The molecule has 0 aliphatic carbocycles. The average molecular weight is 603 g/mol. The summed E-state index contributed by atoms with van der Waals surface area (Å²) in [4.78, 5) is 28.2. The summed E-state index contributed by atoms with van der Waals surface area (Å²) >= 11 is 1.68. The molecule has 4 aromatic carbocycles. The van der Waals surface area contributed by atoms with Crippen molar-refractivity contribution in [2.45, 2.75) is 38.9 Å². The van der Waals surface area contributed by atoms with Crippen LogP contribution in [0.1, 0.15) is 39.9 Å². The molecule has 0 saturated heterocycles. The quantitative estimate of drug-likeness (QED) is 0.126. The molecule has 0 aliphatic rings. The molecule has 4 aromatic rings. The molecule has 0 saturated carbocycles. The summed E-state index contributed by atoms with van der Waals surface area (Å²) in [6.07, 6.45) is 3.23. The standard InChI is InChI=1S/C35H36F2N2O3S/c1-24-10-7-8-13-30(24)32-20-25(15-16-31(32)34(40)38-33(35(41)42-2)14-9-17-43-3)22-39(29-11-5-4-6-12-29)23-26-18-27(36)21-28(37)19-26/h4-8,10-13,15-16,18-21,33H,9,14,17,22-23H2,1-3H3,(H,38,40)/t33-/m0/s1. The lowest BCUT2D eigenvalue weighted by Crippen LogP contribution is -2.41. The van der Waals surface area contributed by atoms with Gasteiger partial charge in [0.2, 0.25) is 0 Å². The third-order valence-corrected chi connectivity index (χ3v) is 7.88. The average Bonchev–Trinajstić information content (AvgIpc) is 3.00. The fourth-order valence-corrected chi connectivity index (χ4v) is 5.52. The number of benzene rings is 4. The molecule has 5 nitrogen and oxygen atoms in total. The monoisotopic (exact) mass is 602 g/mol. The number of aryl methyl sites for hydroxylation is 1. The number of carbonyl (C=O) groups excluding carboxylic acids is 2. The Morgan fingerprint density at radius 3 is 2.21 bits per heavy atom. The van der Waals surface area contributed by atoms with Crippen LogP contribution in [0.25, 0.3) is 11.1 Å². The first kappa shape index (κ1) is 31.8. The largest absolute Gasteiger partial charge is 0.467 e. The zero-order chi connectivity index (χ0) is 30.8. The van der Waals surface area contributed by atoms with Crippen LogP contribution < -0.4 is 10.2 Å². The number of amides is 1. The molecule has 0 aromatic heterocycles. The van der Waals surface area contributed by atoms with Crippen molar-refractivity contribution < 1.29 is 23.1 Å². The number of anilines is 1. The van der Waals surface area contributed by atoms with Gasteiger partial charge in [0.15, 0.2) is 0 Å². The molecule has 0 unspecified atom stereocenters. The summed E-state index contributed by atoms with van der Waals surface area (Å²) in [6.45, 7) is 2.68. The van der Waals surface area contributed by atoms with Crippen LogP contribution in [0.4, 0.5) is 14.5 Å². The SMILES string of the molecule is COC(=O)[C@H](CCCSC)NC(=O)c1ccc(CN(Cc2cc(F)cc(F)c2)c2ccccc2)cc1-c1ccccc1C. The van der Waals surface area contributed by atoms with Crippen LogP contribution in [-0.2, 0) is 22.6 Å². The van der Waals surface area contributed by atoms with Gasteiger partial charge in [-0.3, -0.25) is 4.79 Å². The molecule has 8 heteroatoms. The van der Waals surface area contributed by atoms with E-state index in [4.69, 9.17) is 4.74 Å². The van der Waals surface area contributed by atoms with Gasteiger partial charge in [0.05, 0.1) is 7.11 Å². The smallest absolute Gasteiger partial charge is 0.328 e. The number of nitrogens with zero attached hydrogens (tertiary/aromatic N) is 1. The first-order chi connectivity index (χ1) is 20.8. The number of nitrogens with one attached hydrogen (secondary N) is 1. The molecule has 0 aliphatic heterocycles. The van der Waals surface area contributed by atoms with Gasteiger partial charge >= 0.3 is 5.97 Å². The van der Waals surface area contributed by atoms with Gasteiger partial charge in [-0.2, -0.15) is 11.8 Å². The van der Waals surface area contributed by atoms with Crippen molar-refractivity contribution >= 4 is 29.3 Å². The Labute approximate surface area is 256 Å². The number of para-hydroxylation sites is 1. The highest BCUT2D eigenvalue weighted by molar-refractivity contribution is 7.98. The van der Waals surface area contributed by atoms with E-state index in [9.17, 15) is 18.4 Å². The van der Waals surface area contributed by atoms with Gasteiger partial charge < -0.3 is 15.0 Å². The second kappa shape index (κ2) is 15.3. The number of hydrogen-bond acceptors (Lipinski definition) is 5. The zero-order valence-corrected chi connectivity index (χ0v) is 25.4. The molecule has 43 heavy (non-hydrogen) atoms. The van der Waals surface area contributed by atoms with Gasteiger partial charge in [-0.1, -0.05) is 48.5 Å². The number of esters is 1. The van der Waals surface area contributed by atoms with Gasteiger partial charge in [0.1, 0.15) is 17.7 Å². The highest BCUT2D eigenvalue weighted by Gasteiger charge is 2.24. The summed E-state index contributed by atoms with van der Waals surface area (Å²) in [6, 6.07) is 25.8. The van der Waals surface area contributed by atoms with Gasteiger partial charge in [-0.15, -0.1) is 0 Å². The third-order valence-electron chi connectivity index (χ3n) is 7.19. The second-order valence-corrected chi connectivity index (χ2v) is 11.3. The Morgan fingerprint density at radius 1 is 0.860 bits per heavy atom. The number of methoxy groups -OCH3 is 1. The van der Waals surface area contributed by atoms with Crippen LogP contribution in [0.5, 0.6) is 0 Å². The van der Waals surface area contributed by atoms with Crippen LogP contribution in [0.2, 0.25) is 0 Å². The number of thioether (sulfide) groups is 1. The summed E-state index contributed by atoms with van der Waals surface area (Å²) < 4.78 is 33.0. The van der Waals surface area contributed by atoms with Crippen LogP contribution >= 0.6 is 11.8 Å². The van der Waals surface area contributed by atoms with E-state index in [0.717, 1.165) is 46.2 Å². The maximum Gasteiger partial charge on any atom is 0.328 e. The van der Waals surface area contributed by atoms with Crippen molar-refractivity contribution in [3.05, 3.63) is 125 Å². The predicted molar refractivity (Wildman–Crippen MR) is 170 cm³/mol. The minimum Gasteiger partial charge on any atom is -0.467 e. The van der Waals surface area contributed by atoms with Crippen LogP contribution in [0.15, 0.2) is 91.0 Å².